The van der Waals surface area contributed by atoms with Crippen molar-refractivity contribution >= 4 is 55.1 Å². The van der Waals surface area contributed by atoms with Gasteiger partial charge in [0.15, 0.2) is 5.13 Å². The van der Waals surface area contributed by atoms with Gasteiger partial charge in [0.05, 0.1) is 16.6 Å². The Kier molecular flexibility index (Phi) is 5.14. The van der Waals surface area contributed by atoms with Crippen LogP contribution in [0.15, 0.2) is 65.6 Å². The van der Waals surface area contributed by atoms with Crippen LogP contribution in [0.25, 0.3) is 21.0 Å². The van der Waals surface area contributed by atoms with Crippen molar-refractivity contribution in [1.82, 2.24) is 4.98 Å². The molecule has 0 atom stereocenters. The summed E-state index contributed by atoms with van der Waals surface area (Å²) in [6.07, 6.45) is 0.350. The number of nitrogens with one attached hydrogen (secondary N) is 1. The Bertz CT molecular complexity index is 1100. The van der Waals surface area contributed by atoms with Gasteiger partial charge in [-0.2, -0.15) is 0 Å². The van der Waals surface area contributed by atoms with Crippen LogP contribution < -0.4 is 5.32 Å². The molecule has 1 N–H and O–H groups in total. The van der Waals surface area contributed by atoms with Crippen LogP contribution in [-0.4, -0.2) is 16.1 Å². The Labute approximate surface area is 166 Å². The first-order valence-electron chi connectivity index (χ1n) is 8.92. The summed E-state index contributed by atoms with van der Waals surface area (Å²) in [5, 5.41) is 6.51. The third kappa shape index (κ3) is 4.15. The van der Waals surface area contributed by atoms with Crippen molar-refractivity contribution in [2.75, 3.05) is 5.32 Å². The Morgan fingerprint density at radius 1 is 1.07 bits per heavy atom. The number of aromatic nitrogens is 1. The van der Waals surface area contributed by atoms with Crippen molar-refractivity contribution in [2.45, 2.75) is 30.4 Å². The molecule has 1 aromatic heterocycles. The van der Waals surface area contributed by atoms with Crippen LogP contribution in [0.4, 0.5) is 5.13 Å². The largest absolute Gasteiger partial charge is 0.302 e. The maximum absolute atomic E-state index is 12.4. The lowest BCUT2D eigenvalue weighted by atomic mass is 10.1. The van der Waals surface area contributed by atoms with Crippen molar-refractivity contribution < 1.29 is 4.79 Å². The topological polar surface area (TPSA) is 42.0 Å². The maximum atomic E-state index is 12.4. The average molecular weight is 393 g/mol. The minimum absolute atomic E-state index is 0.0392. The summed E-state index contributed by atoms with van der Waals surface area (Å²) in [6, 6.07) is 20.5. The van der Waals surface area contributed by atoms with Crippen LogP contribution in [0.3, 0.4) is 0 Å². The zero-order valence-electron chi connectivity index (χ0n) is 15.2. The van der Waals surface area contributed by atoms with Crippen LogP contribution in [0.1, 0.15) is 19.4 Å². The smallest absolute Gasteiger partial charge is 0.230 e. The van der Waals surface area contributed by atoms with Crippen molar-refractivity contribution in [2.24, 2.45) is 0 Å². The highest BCUT2D eigenvalue weighted by Gasteiger charge is 2.11. The molecular formula is C22H20N2OS2. The molecule has 0 bridgehead atoms. The molecule has 0 spiro atoms. The van der Waals surface area contributed by atoms with Gasteiger partial charge in [0.1, 0.15) is 0 Å². The van der Waals surface area contributed by atoms with E-state index in [1.54, 1.807) is 0 Å². The Hall–Kier alpha value is -2.37. The Morgan fingerprint density at radius 2 is 1.85 bits per heavy atom. The summed E-state index contributed by atoms with van der Waals surface area (Å²) >= 11 is 3.35. The van der Waals surface area contributed by atoms with E-state index in [1.807, 2.05) is 42.1 Å². The normalized spacial score (nSPS) is 11.4. The predicted octanol–water partition coefficient (Wildman–Crippen LogP) is 6.13. The number of rotatable bonds is 5. The van der Waals surface area contributed by atoms with Crippen LogP contribution >= 0.6 is 23.1 Å². The van der Waals surface area contributed by atoms with Crippen molar-refractivity contribution in [1.29, 1.82) is 0 Å². The van der Waals surface area contributed by atoms with Crippen LogP contribution in [-0.2, 0) is 11.2 Å². The number of carbonyl (C=O) groups excluding carboxylic acids is 1. The minimum atomic E-state index is -0.0392. The molecule has 5 heteroatoms. The van der Waals surface area contributed by atoms with Crippen LogP contribution in [0, 0.1) is 0 Å². The fourth-order valence-electron chi connectivity index (χ4n) is 3.02. The number of hydrogen-bond donors (Lipinski definition) is 1. The SMILES string of the molecule is CC(C)Sc1ccc(CC(=O)Nc2nc3ccc4ccccc4c3s2)cc1. The van der Waals surface area contributed by atoms with Gasteiger partial charge in [-0.05, 0) is 29.1 Å². The number of amides is 1. The third-order valence-corrected chi connectivity index (χ3v) is 6.22. The monoisotopic (exact) mass is 392 g/mol. The zero-order chi connectivity index (χ0) is 18.8. The summed E-state index contributed by atoms with van der Waals surface area (Å²) in [7, 11) is 0. The number of thioether (sulfide) groups is 1. The highest BCUT2D eigenvalue weighted by molar-refractivity contribution is 7.99. The molecule has 3 nitrogen and oxygen atoms in total. The number of thiazole rings is 1. The lowest BCUT2D eigenvalue weighted by Gasteiger charge is -2.06. The van der Waals surface area contributed by atoms with Crippen molar-refractivity contribution in [3.63, 3.8) is 0 Å². The molecule has 0 aliphatic carbocycles. The molecule has 4 aromatic rings. The summed E-state index contributed by atoms with van der Waals surface area (Å²) in [5.41, 5.74) is 1.93. The number of fused-ring (bicyclic) bond motifs is 3. The summed E-state index contributed by atoms with van der Waals surface area (Å²) in [4.78, 5) is 18.2. The van der Waals surface area contributed by atoms with E-state index in [4.69, 9.17) is 0 Å². The van der Waals surface area contributed by atoms with Crippen molar-refractivity contribution in [3.8, 4) is 0 Å². The quantitative estimate of drug-likeness (QED) is 0.415. The van der Waals surface area contributed by atoms with Gasteiger partial charge in [-0.15, -0.1) is 11.8 Å². The minimum Gasteiger partial charge on any atom is -0.302 e. The summed E-state index contributed by atoms with van der Waals surface area (Å²) in [6.45, 7) is 4.35. The van der Waals surface area contributed by atoms with E-state index in [9.17, 15) is 4.79 Å². The average Bonchev–Trinajstić information content (AvgIpc) is 3.05. The van der Waals surface area contributed by atoms with E-state index in [1.165, 1.54) is 27.0 Å². The van der Waals surface area contributed by atoms with Gasteiger partial charge in [-0.1, -0.05) is 67.6 Å². The molecule has 27 heavy (non-hydrogen) atoms. The molecule has 0 unspecified atom stereocenters. The third-order valence-electron chi connectivity index (χ3n) is 4.19. The fourth-order valence-corrected chi connectivity index (χ4v) is 4.87. The van der Waals surface area contributed by atoms with Crippen LogP contribution in [0.5, 0.6) is 0 Å². The molecule has 1 amide bonds. The standard InChI is InChI=1S/C22H20N2OS2/c1-14(2)26-17-10-7-15(8-11-17)13-20(25)24-22-23-19-12-9-16-5-3-4-6-18(16)21(19)27-22/h3-12,14H,13H2,1-2H3,(H,23,24,25). The van der Waals surface area contributed by atoms with Gasteiger partial charge in [0, 0.05) is 15.5 Å². The number of anilines is 1. The highest BCUT2D eigenvalue weighted by Crippen LogP contribution is 2.32. The van der Waals surface area contributed by atoms with Gasteiger partial charge < -0.3 is 5.32 Å². The first kappa shape index (κ1) is 18.0. The molecule has 1 heterocycles. The molecule has 0 radical (unpaired) electrons. The lowest BCUT2D eigenvalue weighted by molar-refractivity contribution is -0.115. The number of hydrogen-bond acceptors (Lipinski definition) is 4. The van der Waals surface area contributed by atoms with Gasteiger partial charge in [-0.25, -0.2) is 4.98 Å². The molecule has 136 valence electrons. The fraction of sp³-hybridized carbons (Fsp3) is 0.182. The van der Waals surface area contributed by atoms with E-state index in [0.717, 1.165) is 15.8 Å². The van der Waals surface area contributed by atoms with Gasteiger partial charge >= 0.3 is 0 Å². The van der Waals surface area contributed by atoms with E-state index in [2.05, 4.69) is 54.5 Å². The maximum Gasteiger partial charge on any atom is 0.230 e. The molecule has 4 rings (SSSR count). The van der Waals surface area contributed by atoms with Gasteiger partial charge in [0.2, 0.25) is 5.91 Å². The van der Waals surface area contributed by atoms with Crippen molar-refractivity contribution in [3.05, 3.63) is 66.2 Å². The zero-order valence-corrected chi connectivity index (χ0v) is 16.9. The highest BCUT2D eigenvalue weighted by atomic mass is 32.2. The first-order chi connectivity index (χ1) is 13.1. The Balaban J connectivity index is 1.48. The van der Waals surface area contributed by atoms with Gasteiger partial charge in [0.25, 0.3) is 0 Å². The lowest BCUT2D eigenvalue weighted by Crippen LogP contribution is -2.14. The van der Waals surface area contributed by atoms with E-state index < -0.39 is 0 Å². The Morgan fingerprint density at radius 3 is 2.63 bits per heavy atom. The molecule has 0 fully saturated rings. The van der Waals surface area contributed by atoms with Gasteiger partial charge in [-0.3, -0.25) is 4.79 Å². The summed E-state index contributed by atoms with van der Waals surface area (Å²) < 4.78 is 1.11. The van der Waals surface area contributed by atoms with E-state index in [0.29, 0.717) is 16.8 Å². The second-order valence-corrected chi connectivity index (χ2v) is 9.34. The molecule has 0 aliphatic rings. The molecular weight excluding hydrogens is 372 g/mol. The predicted molar refractivity (Wildman–Crippen MR) is 117 cm³/mol. The molecule has 3 aromatic carbocycles. The number of nitrogens with zero attached hydrogens (tertiary/aromatic N) is 1. The van der Waals surface area contributed by atoms with E-state index in [-0.39, 0.29) is 5.91 Å². The number of benzene rings is 3. The molecule has 0 saturated heterocycles. The number of carbonyl (C=O) groups is 1. The summed E-state index contributed by atoms with van der Waals surface area (Å²) in [5.74, 6) is -0.0392. The molecule has 0 saturated carbocycles. The molecule has 0 aliphatic heterocycles. The first-order valence-corrected chi connectivity index (χ1v) is 10.6. The van der Waals surface area contributed by atoms with Crippen LogP contribution in [0.2, 0.25) is 0 Å². The second-order valence-electron chi connectivity index (χ2n) is 6.69. The van der Waals surface area contributed by atoms with E-state index >= 15 is 0 Å². The second kappa shape index (κ2) is 7.71.